The van der Waals surface area contributed by atoms with E-state index in [0.717, 1.165) is 17.7 Å². The van der Waals surface area contributed by atoms with Crippen LogP contribution in [0.4, 0.5) is 0 Å². The summed E-state index contributed by atoms with van der Waals surface area (Å²) in [6.45, 7) is 4.08. The summed E-state index contributed by atoms with van der Waals surface area (Å²) in [5, 5.41) is 11.8. The van der Waals surface area contributed by atoms with Crippen molar-refractivity contribution in [3.63, 3.8) is 0 Å². The van der Waals surface area contributed by atoms with Crippen molar-refractivity contribution in [1.82, 2.24) is 5.32 Å². The predicted octanol–water partition coefficient (Wildman–Crippen LogP) is 2.78. The van der Waals surface area contributed by atoms with Gasteiger partial charge in [-0.1, -0.05) is 19.9 Å². The Kier molecular flexibility index (Phi) is 6.42. The van der Waals surface area contributed by atoms with Crippen molar-refractivity contribution in [1.29, 1.82) is 0 Å². The Bertz CT molecular complexity index is 444. The summed E-state index contributed by atoms with van der Waals surface area (Å²) in [4.78, 5) is 23.3. The second-order valence-electron chi connectivity index (χ2n) is 4.20. The molecule has 104 valence electrons. The number of carbonyl (C=O) groups is 2. The zero-order chi connectivity index (χ0) is 14.3. The van der Waals surface area contributed by atoms with Crippen molar-refractivity contribution < 1.29 is 14.7 Å². The maximum atomic E-state index is 11.7. The van der Waals surface area contributed by atoms with E-state index in [1.54, 1.807) is 12.1 Å². The van der Waals surface area contributed by atoms with E-state index in [2.05, 4.69) is 5.32 Å². The van der Waals surface area contributed by atoms with E-state index in [1.807, 2.05) is 19.9 Å². The first-order valence-corrected chi connectivity index (χ1v) is 7.30. The number of aromatic carboxylic acids is 1. The van der Waals surface area contributed by atoms with Crippen LogP contribution in [0.25, 0.3) is 0 Å². The van der Waals surface area contributed by atoms with E-state index in [4.69, 9.17) is 5.11 Å². The lowest BCUT2D eigenvalue weighted by Gasteiger charge is -2.14. The van der Waals surface area contributed by atoms with Gasteiger partial charge >= 0.3 is 5.97 Å². The van der Waals surface area contributed by atoms with Crippen molar-refractivity contribution in [3.8, 4) is 0 Å². The SMILES string of the molecule is CCC(CC)NC(=O)CSc1cccc(C(=O)O)c1. The van der Waals surface area contributed by atoms with Crippen molar-refractivity contribution in [3.05, 3.63) is 29.8 Å². The van der Waals surface area contributed by atoms with Crippen molar-refractivity contribution >= 4 is 23.6 Å². The number of hydrogen-bond acceptors (Lipinski definition) is 3. The Balaban J connectivity index is 2.50. The molecule has 1 rings (SSSR count). The summed E-state index contributed by atoms with van der Waals surface area (Å²) in [7, 11) is 0. The van der Waals surface area contributed by atoms with Gasteiger partial charge in [-0.2, -0.15) is 0 Å². The van der Waals surface area contributed by atoms with Gasteiger partial charge in [0.15, 0.2) is 0 Å². The zero-order valence-corrected chi connectivity index (χ0v) is 12.0. The molecule has 0 radical (unpaired) electrons. The largest absolute Gasteiger partial charge is 0.478 e. The van der Waals surface area contributed by atoms with Crippen LogP contribution < -0.4 is 5.32 Å². The molecule has 0 unspecified atom stereocenters. The molecule has 0 saturated carbocycles. The molecule has 1 aromatic carbocycles. The van der Waals surface area contributed by atoms with Gasteiger partial charge in [-0.15, -0.1) is 11.8 Å². The van der Waals surface area contributed by atoms with Gasteiger partial charge in [0.05, 0.1) is 11.3 Å². The van der Waals surface area contributed by atoms with E-state index in [-0.39, 0.29) is 17.5 Å². The summed E-state index contributed by atoms with van der Waals surface area (Å²) in [6, 6.07) is 6.83. The highest BCUT2D eigenvalue weighted by Gasteiger charge is 2.09. The first-order chi connectivity index (χ1) is 9.06. The fourth-order valence-electron chi connectivity index (χ4n) is 1.63. The third-order valence-corrected chi connectivity index (χ3v) is 3.80. The average molecular weight is 281 g/mol. The van der Waals surface area contributed by atoms with Crippen LogP contribution in [-0.2, 0) is 4.79 Å². The smallest absolute Gasteiger partial charge is 0.335 e. The number of carbonyl (C=O) groups excluding carboxylic acids is 1. The highest BCUT2D eigenvalue weighted by molar-refractivity contribution is 8.00. The summed E-state index contributed by atoms with van der Waals surface area (Å²) in [5.74, 6) is -0.664. The van der Waals surface area contributed by atoms with E-state index in [9.17, 15) is 9.59 Å². The van der Waals surface area contributed by atoms with Crippen LogP contribution in [0.2, 0.25) is 0 Å². The number of rotatable bonds is 7. The van der Waals surface area contributed by atoms with Gasteiger partial charge in [0.25, 0.3) is 0 Å². The first-order valence-electron chi connectivity index (χ1n) is 6.32. The quantitative estimate of drug-likeness (QED) is 0.754. The summed E-state index contributed by atoms with van der Waals surface area (Å²) < 4.78 is 0. The normalized spacial score (nSPS) is 10.5. The Morgan fingerprint density at radius 3 is 2.58 bits per heavy atom. The minimum absolute atomic E-state index is 0.0144. The Hall–Kier alpha value is -1.49. The van der Waals surface area contributed by atoms with Crippen LogP contribution in [0.3, 0.4) is 0 Å². The Morgan fingerprint density at radius 2 is 2.00 bits per heavy atom. The van der Waals surface area contributed by atoms with E-state index >= 15 is 0 Å². The lowest BCUT2D eigenvalue weighted by atomic mass is 10.2. The third kappa shape index (κ3) is 5.34. The molecule has 0 aliphatic rings. The maximum absolute atomic E-state index is 11.7. The van der Waals surface area contributed by atoms with Gasteiger partial charge in [0.2, 0.25) is 5.91 Å². The van der Waals surface area contributed by atoms with Crippen LogP contribution in [-0.4, -0.2) is 28.8 Å². The second kappa shape index (κ2) is 7.84. The van der Waals surface area contributed by atoms with Gasteiger partial charge in [-0.05, 0) is 31.0 Å². The lowest BCUT2D eigenvalue weighted by Crippen LogP contribution is -2.34. The fourth-order valence-corrected chi connectivity index (χ4v) is 2.40. The number of carboxylic acids is 1. The molecule has 4 nitrogen and oxygen atoms in total. The molecule has 0 saturated heterocycles. The molecular weight excluding hydrogens is 262 g/mol. The van der Waals surface area contributed by atoms with Gasteiger partial charge in [0.1, 0.15) is 0 Å². The molecule has 0 aliphatic heterocycles. The zero-order valence-electron chi connectivity index (χ0n) is 11.2. The number of amides is 1. The van der Waals surface area contributed by atoms with Crippen LogP contribution in [0.15, 0.2) is 29.2 Å². The van der Waals surface area contributed by atoms with Gasteiger partial charge < -0.3 is 10.4 Å². The van der Waals surface area contributed by atoms with Crippen LogP contribution in [0, 0.1) is 0 Å². The summed E-state index contributed by atoms with van der Waals surface area (Å²) in [6.07, 6.45) is 1.84. The molecule has 5 heteroatoms. The van der Waals surface area contributed by atoms with Crippen LogP contribution in [0.5, 0.6) is 0 Å². The van der Waals surface area contributed by atoms with E-state index in [0.29, 0.717) is 5.75 Å². The minimum Gasteiger partial charge on any atom is -0.478 e. The number of nitrogens with one attached hydrogen (secondary N) is 1. The molecule has 0 atom stereocenters. The topological polar surface area (TPSA) is 66.4 Å². The molecule has 1 aromatic rings. The van der Waals surface area contributed by atoms with E-state index < -0.39 is 5.97 Å². The molecule has 2 N–H and O–H groups in total. The molecule has 1 amide bonds. The highest BCUT2D eigenvalue weighted by atomic mass is 32.2. The van der Waals surface area contributed by atoms with E-state index in [1.165, 1.54) is 17.8 Å². The molecule has 0 aliphatic carbocycles. The predicted molar refractivity (Wildman–Crippen MR) is 76.6 cm³/mol. The summed E-state index contributed by atoms with van der Waals surface area (Å²) in [5.41, 5.74) is 0.241. The fraction of sp³-hybridized carbons (Fsp3) is 0.429. The molecular formula is C14H19NO3S. The molecule has 0 heterocycles. The minimum atomic E-state index is -0.955. The third-order valence-electron chi connectivity index (χ3n) is 2.80. The number of thioether (sulfide) groups is 1. The van der Waals surface area contributed by atoms with Crippen molar-refractivity contribution in [2.45, 2.75) is 37.6 Å². The van der Waals surface area contributed by atoms with Gasteiger partial charge in [-0.25, -0.2) is 4.79 Å². The molecule has 0 aromatic heterocycles. The second-order valence-corrected chi connectivity index (χ2v) is 5.25. The van der Waals surface area contributed by atoms with Crippen molar-refractivity contribution in [2.75, 3.05) is 5.75 Å². The summed E-state index contributed by atoms with van der Waals surface area (Å²) >= 11 is 1.35. The van der Waals surface area contributed by atoms with Crippen LogP contribution in [0.1, 0.15) is 37.0 Å². The first kappa shape index (κ1) is 15.6. The number of carboxylic acid groups (broad SMARTS) is 1. The number of benzene rings is 1. The lowest BCUT2D eigenvalue weighted by molar-refractivity contribution is -0.119. The molecule has 0 spiro atoms. The highest BCUT2D eigenvalue weighted by Crippen LogP contribution is 2.19. The van der Waals surface area contributed by atoms with Gasteiger partial charge in [0, 0.05) is 10.9 Å². The van der Waals surface area contributed by atoms with Crippen molar-refractivity contribution in [2.24, 2.45) is 0 Å². The number of hydrogen-bond donors (Lipinski definition) is 2. The molecule has 19 heavy (non-hydrogen) atoms. The average Bonchev–Trinajstić information content (AvgIpc) is 2.42. The van der Waals surface area contributed by atoms with Crippen LogP contribution >= 0.6 is 11.8 Å². The molecule has 0 bridgehead atoms. The standard InChI is InChI=1S/C14H19NO3S/c1-3-11(4-2)15-13(16)9-19-12-7-5-6-10(8-12)14(17)18/h5-8,11H,3-4,9H2,1-2H3,(H,15,16)(H,17,18). The Labute approximate surface area is 117 Å². The monoisotopic (exact) mass is 281 g/mol. The molecule has 0 fully saturated rings. The maximum Gasteiger partial charge on any atom is 0.335 e. The Morgan fingerprint density at radius 1 is 1.32 bits per heavy atom. The van der Waals surface area contributed by atoms with Gasteiger partial charge in [-0.3, -0.25) is 4.79 Å².